The van der Waals surface area contributed by atoms with E-state index in [2.05, 4.69) is 34.7 Å². The topological polar surface area (TPSA) is 53.4 Å². The Kier molecular flexibility index (Phi) is 5.97. The van der Waals surface area contributed by atoms with Crippen molar-refractivity contribution in [2.75, 3.05) is 39.3 Å². The maximum absolute atomic E-state index is 12.9. The van der Waals surface area contributed by atoms with E-state index in [1.165, 1.54) is 6.42 Å². The summed E-state index contributed by atoms with van der Waals surface area (Å²) in [5.41, 5.74) is 2.87. The fourth-order valence-electron chi connectivity index (χ4n) is 4.35. The highest BCUT2D eigenvalue weighted by Gasteiger charge is 2.21. The molecule has 6 nitrogen and oxygen atoms in total. The van der Waals surface area contributed by atoms with Gasteiger partial charge in [-0.2, -0.15) is 0 Å². The van der Waals surface area contributed by atoms with Crippen molar-refractivity contribution in [3.05, 3.63) is 29.6 Å². The lowest BCUT2D eigenvalue weighted by Crippen LogP contribution is -2.43. The minimum Gasteiger partial charge on any atom is -0.339 e. The predicted octanol–water partition coefficient (Wildman–Crippen LogP) is 2.72. The van der Waals surface area contributed by atoms with Gasteiger partial charge in [-0.1, -0.05) is 13.8 Å². The van der Waals surface area contributed by atoms with E-state index >= 15 is 0 Å². The fraction of sp³-hybridized carbons (Fsp3) is 0.636. The molecule has 0 saturated carbocycles. The summed E-state index contributed by atoms with van der Waals surface area (Å²) < 4.78 is 2.36. The van der Waals surface area contributed by atoms with Gasteiger partial charge in [-0.05, 0) is 43.4 Å². The second kappa shape index (κ2) is 8.62. The zero-order chi connectivity index (χ0) is 19.5. The van der Waals surface area contributed by atoms with Crippen LogP contribution >= 0.6 is 0 Å². The first-order valence-electron chi connectivity index (χ1n) is 10.8. The van der Waals surface area contributed by atoms with Gasteiger partial charge in [0.1, 0.15) is 5.82 Å². The molecule has 2 fully saturated rings. The second-order valence-electron chi connectivity index (χ2n) is 8.61. The first-order chi connectivity index (χ1) is 13.6. The number of piperazine rings is 1. The zero-order valence-electron chi connectivity index (χ0n) is 17.3. The van der Waals surface area contributed by atoms with Crippen LogP contribution in [0.3, 0.4) is 0 Å². The third kappa shape index (κ3) is 4.23. The third-order valence-corrected chi connectivity index (χ3v) is 5.84. The van der Waals surface area contributed by atoms with E-state index in [1.54, 1.807) is 0 Å². The number of nitrogens with zero attached hydrogens (tertiary/aromatic N) is 4. The third-order valence-electron chi connectivity index (χ3n) is 5.84. The average Bonchev–Trinajstić information content (AvgIpc) is 3.04. The second-order valence-corrected chi connectivity index (χ2v) is 8.61. The first-order valence-corrected chi connectivity index (χ1v) is 10.8. The van der Waals surface area contributed by atoms with Crippen molar-refractivity contribution in [1.82, 2.24) is 24.7 Å². The van der Waals surface area contributed by atoms with Crippen LogP contribution in [0.4, 0.5) is 0 Å². The molecule has 0 aliphatic carbocycles. The number of rotatable bonds is 5. The Morgan fingerprint density at radius 1 is 1.11 bits per heavy atom. The SMILES string of the molecule is CC(C)Cn1c(CN2CCNCC2)nc2cc(C(=O)N3CCCCC3)ccc21. The lowest BCUT2D eigenvalue weighted by Gasteiger charge is -2.27. The van der Waals surface area contributed by atoms with Gasteiger partial charge in [-0.25, -0.2) is 4.98 Å². The molecule has 4 rings (SSSR count). The molecule has 0 radical (unpaired) electrons. The lowest BCUT2D eigenvalue weighted by molar-refractivity contribution is 0.0724. The summed E-state index contributed by atoms with van der Waals surface area (Å²) in [7, 11) is 0. The van der Waals surface area contributed by atoms with Crippen LogP contribution in [0, 0.1) is 5.92 Å². The van der Waals surface area contributed by atoms with Gasteiger partial charge in [-0.3, -0.25) is 9.69 Å². The van der Waals surface area contributed by atoms with Crippen LogP contribution in [0.15, 0.2) is 18.2 Å². The Morgan fingerprint density at radius 2 is 1.86 bits per heavy atom. The van der Waals surface area contributed by atoms with Crippen LogP contribution in [0.2, 0.25) is 0 Å². The average molecular weight is 384 g/mol. The van der Waals surface area contributed by atoms with E-state index in [9.17, 15) is 4.79 Å². The largest absolute Gasteiger partial charge is 0.339 e. The van der Waals surface area contributed by atoms with E-state index in [4.69, 9.17) is 4.98 Å². The van der Waals surface area contributed by atoms with Crippen LogP contribution in [0.5, 0.6) is 0 Å². The summed E-state index contributed by atoms with van der Waals surface area (Å²) in [5, 5.41) is 3.41. The molecule has 152 valence electrons. The van der Waals surface area contributed by atoms with E-state index in [0.717, 1.165) is 87.6 Å². The van der Waals surface area contributed by atoms with Gasteiger partial charge in [-0.15, -0.1) is 0 Å². The number of hydrogen-bond donors (Lipinski definition) is 1. The summed E-state index contributed by atoms with van der Waals surface area (Å²) in [6.07, 6.45) is 3.47. The predicted molar refractivity (Wildman–Crippen MR) is 112 cm³/mol. The maximum atomic E-state index is 12.9. The van der Waals surface area contributed by atoms with Crippen molar-refractivity contribution < 1.29 is 4.79 Å². The Labute approximate surface area is 167 Å². The standard InChI is InChI=1S/C22H33N5O/c1-17(2)15-27-20-7-6-18(22(28)26-10-4-3-5-11-26)14-19(20)24-21(27)16-25-12-8-23-9-13-25/h6-7,14,17,23H,3-5,8-13,15-16H2,1-2H3. The maximum Gasteiger partial charge on any atom is 0.253 e. The Bertz CT molecular complexity index is 816. The molecule has 1 amide bonds. The fourth-order valence-corrected chi connectivity index (χ4v) is 4.35. The molecule has 2 aliphatic rings. The molecule has 1 N–H and O–H groups in total. The van der Waals surface area contributed by atoms with Gasteiger partial charge in [0.2, 0.25) is 0 Å². The molecule has 2 aliphatic heterocycles. The highest BCUT2D eigenvalue weighted by molar-refractivity contribution is 5.97. The molecule has 6 heteroatoms. The number of carbonyl (C=O) groups is 1. The number of hydrogen-bond acceptors (Lipinski definition) is 4. The van der Waals surface area contributed by atoms with Gasteiger partial charge >= 0.3 is 0 Å². The van der Waals surface area contributed by atoms with Gasteiger partial charge in [0.25, 0.3) is 5.91 Å². The molecular formula is C22H33N5O. The highest BCUT2D eigenvalue weighted by atomic mass is 16.2. The number of fused-ring (bicyclic) bond motifs is 1. The van der Waals surface area contributed by atoms with Crippen LogP contribution in [-0.4, -0.2) is 64.5 Å². The number of carbonyl (C=O) groups excluding carboxylic acids is 1. The van der Waals surface area contributed by atoms with E-state index in [1.807, 2.05) is 17.0 Å². The minimum atomic E-state index is 0.156. The van der Waals surface area contributed by atoms with E-state index in [-0.39, 0.29) is 5.91 Å². The van der Waals surface area contributed by atoms with Crippen LogP contribution in [0.1, 0.15) is 49.3 Å². The number of benzene rings is 1. The zero-order valence-corrected chi connectivity index (χ0v) is 17.3. The molecule has 2 aromatic rings. The molecule has 3 heterocycles. The number of piperidine rings is 1. The van der Waals surface area contributed by atoms with E-state index < -0.39 is 0 Å². The normalized spacial score (nSPS) is 18.9. The highest BCUT2D eigenvalue weighted by Crippen LogP contribution is 2.22. The van der Waals surface area contributed by atoms with Gasteiger partial charge < -0.3 is 14.8 Å². The summed E-state index contributed by atoms with van der Waals surface area (Å²) >= 11 is 0. The lowest BCUT2D eigenvalue weighted by atomic mass is 10.1. The van der Waals surface area contributed by atoms with Crippen molar-refractivity contribution in [1.29, 1.82) is 0 Å². The minimum absolute atomic E-state index is 0.156. The number of amides is 1. The van der Waals surface area contributed by atoms with Crippen molar-refractivity contribution in [2.24, 2.45) is 5.92 Å². The summed E-state index contributed by atoms with van der Waals surface area (Å²) in [4.78, 5) is 22.3. The van der Waals surface area contributed by atoms with Gasteiger partial charge in [0, 0.05) is 51.4 Å². The molecule has 0 atom stereocenters. The van der Waals surface area contributed by atoms with Gasteiger partial charge in [0.05, 0.1) is 17.6 Å². The number of likely N-dealkylation sites (tertiary alicyclic amines) is 1. The molecule has 2 saturated heterocycles. The molecular weight excluding hydrogens is 350 g/mol. The monoisotopic (exact) mass is 383 g/mol. The van der Waals surface area contributed by atoms with E-state index in [0.29, 0.717) is 5.92 Å². The van der Waals surface area contributed by atoms with Crippen molar-refractivity contribution in [3.8, 4) is 0 Å². The van der Waals surface area contributed by atoms with Crippen LogP contribution < -0.4 is 5.32 Å². The number of imidazole rings is 1. The van der Waals surface area contributed by atoms with Gasteiger partial charge in [0.15, 0.2) is 0 Å². The van der Waals surface area contributed by atoms with Crippen LogP contribution in [-0.2, 0) is 13.1 Å². The molecule has 0 bridgehead atoms. The summed E-state index contributed by atoms with van der Waals surface area (Å²) in [6.45, 7) is 12.3. The smallest absolute Gasteiger partial charge is 0.253 e. The quantitative estimate of drug-likeness (QED) is 0.863. The number of nitrogens with one attached hydrogen (secondary N) is 1. The summed E-state index contributed by atoms with van der Waals surface area (Å²) in [5.74, 6) is 1.82. The van der Waals surface area contributed by atoms with Crippen molar-refractivity contribution in [3.63, 3.8) is 0 Å². The molecule has 0 spiro atoms. The Balaban J connectivity index is 1.63. The Morgan fingerprint density at radius 3 is 2.57 bits per heavy atom. The van der Waals surface area contributed by atoms with Crippen molar-refractivity contribution in [2.45, 2.75) is 46.2 Å². The van der Waals surface area contributed by atoms with Crippen molar-refractivity contribution >= 4 is 16.9 Å². The Hall–Kier alpha value is -1.92. The molecule has 1 aromatic heterocycles. The molecule has 1 aromatic carbocycles. The van der Waals surface area contributed by atoms with Crippen LogP contribution in [0.25, 0.3) is 11.0 Å². The first kappa shape index (κ1) is 19.4. The molecule has 28 heavy (non-hydrogen) atoms. The molecule has 0 unspecified atom stereocenters. The summed E-state index contributed by atoms with van der Waals surface area (Å²) in [6, 6.07) is 6.10. The number of aromatic nitrogens is 2.